The van der Waals surface area contributed by atoms with Gasteiger partial charge in [-0.1, -0.05) is 38.8 Å². The van der Waals surface area contributed by atoms with E-state index in [0.717, 1.165) is 5.69 Å². The molecule has 0 bridgehead atoms. The molecule has 1 aromatic carbocycles. The number of nitrogens with two attached hydrogens (primary N) is 1. The van der Waals surface area contributed by atoms with Gasteiger partial charge in [0.1, 0.15) is 0 Å². The summed E-state index contributed by atoms with van der Waals surface area (Å²) >= 11 is 0. The lowest BCUT2D eigenvalue weighted by atomic mass is 9.91. The van der Waals surface area contributed by atoms with E-state index >= 15 is 0 Å². The molecular formula is C13H21N. The maximum atomic E-state index is 5.78. The van der Waals surface area contributed by atoms with Gasteiger partial charge in [0.15, 0.2) is 0 Å². The van der Waals surface area contributed by atoms with Gasteiger partial charge in [-0.25, -0.2) is 0 Å². The summed E-state index contributed by atoms with van der Waals surface area (Å²) < 4.78 is 0. The first-order chi connectivity index (χ1) is 6.77. The lowest BCUT2D eigenvalue weighted by Gasteiger charge is -2.15. The number of rotatable bonds is 5. The maximum absolute atomic E-state index is 5.78. The Morgan fingerprint density at radius 1 is 1.29 bits per heavy atom. The Hall–Kier alpha value is -0.980. The fourth-order valence-electron chi connectivity index (χ4n) is 1.87. The zero-order valence-corrected chi connectivity index (χ0v) is 9.29. The van der Waals surface area contributed by atoms with E-state index in [1.54, 1.807) is 0 Å². The van der Waals surface area contributed by atoms with E-state index in [1.807, 2.05) is 6.07 Å². The van der Waals surface area contributed by atoms with Gasteiger partial charge in [-0.05, 0) is 36.5 Å². The fraction of sp³-hybridized carbons (Fsp3) is 0.538. The molecule has 0 aliphatic carbocycles. The van der Waals surface area contributed by atoms with Crippen LogP contribution in [0.1, 0.15) is 51.0 Å². The Bertz CT molecular complexity index is 268. The normalized spacial score (nSPS) is 12.7. The van der Waals surface area contributed by atoms with Crippen molar-refractivity contribution in [3.05, 3.63) is 29.8 Å². The van der Waals surface area contributed by atoms with E-state index in [9.17, 15) is 0 Å². The minimum Gasteiger partial charge on any atom is -0.399 e. The van der Waals surface area contributed by atoms with Crippen LogP contribution in [0, 0.1) is 0 Å². The van der Waals surface area contributed by atoms with Crippen LogP contribution in [0.25, 0.3) is 0 Å². The Morgan fingerprint density at radius 3 is 2.64 bits per heavy atom. The zero-order chi connectivity index (χ0) is 10.4. The number of anilines is 1. The molecule has 1 atom stereocenters. The van der Waals surface area contributed by atoms with E-state index in [0.29, 0.717) is 5.92 Å². The smallest absolute Gasteiger partial charge is 0.0316 e. The molecule has 0 heterocycles. The first-order valence-corrected chi connectivity index (χ1v) is 5.63. The Labute approximate surface area is 87.3 Å². The third-order valence-corrected chi connectivity index (χ3v) is 2.78. The average Bonchev–Trinajstić information content (AvgIpc) is 2.19. The van der Waals surface area contributed by atoms with E-state index in [1.165, 1.54) is 31.2 Å². The molecule has 0 saturated carbocycles. The van der Waals surface area contributed by atoms with Gasteiger partial charge in [-0.15, -0.1) is 0 Å². The highest BCUT2D eigenvalue weighted by atomic mass is 14.5. The summed E-state index contributed by atoms with van der Waals surface area (Å²) in [5, 5.41) is 0. The predicted molar refractivity (Wildman–Crippen MR) is 63.4 cm³/mol. The monoisotopic (exact) mass is 191 g/mol. The largest absolute Gasteiger partial charge is 0.399 e. The van der Waals surface area contributed by atoms with Crippen molar-refractivity contribution in [2.24, 2.45) is 0 Å². The summed E-state index contributed by atoms with van der Waals surface area (Å²) in [4.78, 5) is 0. The second-order valence-electron chi connectivity index (χ2n) is 3.92. The summed E-state index contributed by atoms with van der Waals surface area (Å²) in [5.41, 5.74) is 8.07. The molecule has 14 heavy (non-hydrogen) atoms. The summed E-state index contributed by atoms with van der Waals surface area (Å²) in [6, 6.07) is 8.32. The van der Waals surface area contributed by atoms with Crippen molar-refractivity contribution >= 4 is 5.69 Å². The molecule has 1 unspecified atom stereocenters. The first-order valence-electron chi connectivity index (χ1n) is 5.63. The third-order valence-electron chi connectivity index (χ3n) is 2.78. The van der Waals surface area contributed by atoms with Crippen LogP contribution in [0.4, 0.5) is 5.69 Å². The number of hydrogen-bond donors (Lipinski definition) is 1. The average molecular weight is 191 g/mol. The molecule has 1 aromatic rings. The van der Waals surface area contributed by atoms with Crippen molar-refractivity contribution in [1.82, 2.24) is 0 Å². The van der Waals surface area contributed by atoms with Crippen LogP contribution in [0.3, 0.4) is 0 Å². The second-order valence-corrected chi connectivity index (χ2v) is 3.92. The molecule has 0 spiro atoms. The highest BCUT2D eigenvalue weighted by molar-refractivity contribution is 5.41. The second kappa shape index (κ2) is 5.69. The molecule has 0 aromatic heterocycles. The molecule has 0 fully saturated rings. The van der Waals surface area contributed by atoms with Crippen LogP contribution in [-0.2, 0) is 0 Å². The van der Waals surface area contributed by atoms with Crippen LogP contribution < -0.4 is 5.73 Å². The highest BCUT2D eigenvalue weighted by Gasteiger charge is 2.08. The van der Waals surface area contributed by atoms with Gasteiger partial charge in [-0.3, -0.25) is 0 Å². The highest BCUT2D eigenvalue weighted by Crippen LogP contribution is 2.26. The van der Waals surface area contributed by atoms with Crippen molar-refractivity contribution in [2.75, 3.05) is 5.73 Å². The Balaban J connectivity index is 2.68. The van der Waals surface area contributed by atoms with E-state index in [2.05, 4.69) is 32.0 Å². The standard InChI is InChI=1S/C13H21N/c1-3-5-7-11(4-2)12-8-6-9-13(14)10-12/h6,8-11H,3-5,7,14H2,1-2H3. The van der Waals surface area contributed by atoms with Crippen LogP contribution in [0.2, 0.25) is 0 Å². The van der Waals surface area contributed by atoms with Crippen molar-refractivity contribution < 1.29 is 0 Å². The number of hydrogen-bond acceptors (Lipinski definition) is 1. The van der Waals surface area contributed by atoms with Gasteiger partial charge in [-0.2, -0.15) is 0 Å². The fourth-order valence-corrected chi connectivity index (χ4v) is 1.87. The minimum absolute atomic E-state index is 0.693. The molecule has 0 aliphatic heterocycles. The SMILES string of the molecule is CCCCC(CC)c1cccc(N)c1. The molecule has 0 saturated heterocycles. The lowest BCUT2D eigenvalue weighted by molar-refractivity contribution is 0.570. The van der Waals surface area contributed by atoms with Gasteiger partial charge in [0.25, 0.3) is 0 Å². The van der Waals surface area contributed by atoms with Crippen LogP contribution >= 0.6 is 0 Å². The number of nitrogen functional groups attached to an aromatic ring is 1. The Morgan fingerprint density at radius 2 is 2.07 bits per heavy atom. The van der Waals surface area contributed by atoms with Crippen molar-refractivity contribution in [1.29, 1.82) is 0 Å². The van der Waals surface area contributed by atoms with E-state index < -0.39 is 0 Å². The van der Waals surface area contributed by atoms with Gasteiger partial charge >= 0.3 is 0 Å². The molecule has 0 amide bonds. The van der Waals surface area contributed by atoms with Crippen molar-refractivity contribution in [3.63, 3.8) is 0 Å². The quantitative estimate of drug-likeness (QED) is 0.701. The molecule has 0 radical (unpaired) electrons. The van der Waals surface area contributed by atoms with Crippen molar-refractivity contribution in [2.45, 2.75) is 45.4 Å². The molecular weight excluding hydrogens is 170 g/mol. The molecule has 78 valence electrons. The van der Waals surface area contributed by atoms with Gasteiger partial charge in [0.05, 0.1) is 0 Å². The lowest BCUT2D eigenvalue weighted by Crippen LogP contribution is -1.98. The Kier molecular flexibility index (Phi) is 4.51. The maximum Gasteiger partial charge on any atom is 0.0316 e. The van der Waals surface area contributed by atoms with E-state index in [4.69, 9.17) is 5.73 Å². The summed E-state index contributed by atoms with van der Waals surface area (Å²) in [5.74, 6) is 0.693. The molecule has 2 N–H and O–H groups in total. The first kappa shape index (κ1) is 11.1. The summed E-state index contributed by atoms with van der Waals surface area (Å²) in [6.07, 6.45) is 5.09. The summed E-state index contributed by atoms with van der Waals surface area (Å²) in [6.45, 7) is 4.50. The van der Waals surface area contributed by atoms with Crippen molar-refractivity contribution in [3.8, 4) is 0 Å². The van der Waals surface area contributed by atoms with Gasteiger partial charge < -0.3 is 5.73 Å². The molecule has 0 aliphatic rings. The zero-order valence-electron chi connectivity index (χ0n) is 9.29. The summed E-state index contributed by atoms with van der Waals surface area (Å²) in [7, 11) is 0. The van der Waals surface area contributed by atoms with E-state index in [-0.39, 0.29) is 0 Å². The van der Waals surface area contributed by atoms with Gasteiger partial charge in [0.2, 0.25) is 0 Å². The molecule has 1 rings (SSSR count). The minimum atomic E-state index is 0.693. The number of unbranched alkanes of at least 4 members (excludes halogenated alkanes) is 1. The molecule has 1 heteroatoms. The number of benzene rings is 1. The molecule has 1 nitrogen and oxygen atoms in total. The van der Waals surface area contributed by atoms with Gasteiger partial charge in [0, 0.05) is 5.69 Å². The van der Waals surface area contributed by atoms with Crippen LogP contribution in [0.15, 0.2) is 24.3 Å². The third kappa shape index (κ3) is 3.06. The predicted octanol–water partition coefficient (Wildman–Crippen LogP) is 3.95. The topological polar surface area (TPSA) is 26.0 Å². The van der Waals surface area contributed by atoms with Crippen LogP contribution in [-0.4, -0.2) is 0 Å². The van der Waals surface area contributed by atoms with Crippen LogP contribution in [0.5, 0.6) is 0 Å².